The zero-order chi connectivity index (χ0) is 19.1. The van der Waals surface area contributed by atoms with E-state index in [9.17, 15) is 8.42 Å². The summed E-state index contributed by atoms with van der Waals surface area (Å²) in [6, 6.07) is 6.93. The maximum absolute atomic E-state index is 12.8. The average molecular weight is 389 g/mol. The van der Waals surface area contributed by atoms with Gasteiger partial charge in [-0.15, -0.1) is 0 Å². The van der Waals surface area contributed by atoms with E-state index < -0.39 is 15.6 Å². The van der Waals surface area contributed by atoms with Crippen molar-refractivity contribution in [1.29, 1.82) is 0 Å². The molecule has 8 heteroatoms. The fourth-order valence-electron chi connectivity index (χ4n) is 3.60. The summed E-state index contributed by atoms with van der Waals surface area (Å²) in [6.45, 7) is 5.04. The molecule has 27 heavy (non-hydrogen) atoms. The maximum Gasteiger partial charge on any atom is 0.243 e. The van der Waals surface area contributed by atoms with Gasteiger partial charge in [0.25, 0.3) is 0 Å². The summed E-state index contributed by atoms with van der Waals surface area (Å²) >= 11 is 0. The monoisotopic (exact) mass is 389 g/mol. The van der Waals surface area contributed by atoms with Crippen molar-refractivity contribution >= 4 is 10.0 Å². The third kappa shape index (κ3) is 3.69. The minimum atomic E-state index is -3.49. The van der Waals surface area contributed by atoms with E-state index in [4.69, 9.17) is 9.47 Å². The fraction of sp³-hybridized carbons (Fsp3) is 0.474. The van der Waals surface area contributed by atoms with Crippen molar-refractivity contribution in [2.45, 2.75) is 43.3 Å². The van der Waals surface area contributed by atoms with Gasteiger partial charge in [0.05, 0.1) is 29.0 Å². The SMILES string of the molecule is Cc1ccc(S(=O)(=O)N2CC3(CC(Oc4cncc(C)n4)CCO3)C2)cc1. The Morgan fingerprint density at radius 3 is 2.63 bits per heavy atom. The molecule has 1 aromatic carbocycles. The van der Waals surface area contributed by atoms with Gasteiger partial charge in [-0.2, -0.15) is 4.31 Å². The highest BCUT2D eigenvalue weighted by molar-refractivity contribution is 7.89. The Bertz CT molecular complexity index is 924. The molecular formula is C19H23N3O4S. The van der Waals surface area contributed by atoms with Gasteiger partial charge in [0.15, 0.2) is 0 Å². The zero-order valence-corrected chi connectivity index (χ0v) is 16.3. The van der Waals surface area contributed by atoms with Gasteiger partial charge in [0, 0.05) is 32.1 Å². The summed E-state index contributed by atoms with van der Waals surface area (Å²) in [5.74, 6) is 0.500. The molecule has 2 fully saturated rings. The smallest absolute Gasteiger partial charge is 0.243 e. The van der Waals surface area contributed by atoms with Gasteiger partial charge < -0.3 is 9.47 Å². The highest BCUT2D eigenvalue weighted by atomic mass is 32.2. The average Bonchev–Trinajstić information content (AvgIpc) is 2.60. The number of nitrogens with zero attached hydrogens (tertiary/aromatic N) is 3. The van der Waals surface area contributed by atoms with Crippen LogP contribution in [0.3, 0.4) is 0 Å². The van der Waals surface area contributed by atoms with Crippen LogP contribution in [0.4, 0.5) is 0 Å². The summed E-state index contributed by atoms with van der Waals surface area (Å²) in [5.41, 5.74) is 1.36. The molecule has 3 heterocycles. The molecule has 0 N–H and O–H groups in total. The highest BCUT2D eigenvalue weighted by Crippen LogP contribution is 2.38. The molecule has 0 saturated carbocycles. The van der Waals surface area contributed by atoms with E-state index in [-0.39, 0.29) is 6.10 Å². The lowest BCUT2D eigenvalue weighted by Crippen LogP contribution is -2.67. The van der Waals surface area contributed by atoms with E-state index in [1.807, 2.05) is 26.0 Å². The van der Waals surface area contributed by atoms with E-state index in [0.717, 1.165) is 17.7 Å². The first-order valence-corrected chi connectivity index (χ1v) is 10.5. The molecular weight excluding hydrogens is 366 g/mol. The van der Waals surface area contributed by atoms with E-state index in [0.29, 0.717) is 36.9 Å². The second-order valence-electron chi connectivity index (χ2n) is 7.35. The first-order valence-electron chi connectivity index (χ1n) is 9.02. The van der Waals surface area contributed by atoms with Gasteiger partial charge in [-0.3, -0.25) is 4.98 Å². The van der Waals surface area contributed by atoms with Gasteiger partial charge >= 0.3 is 0 Å². The van der Waals surface area contributed by atoms with Gasteiger partial charge in [0.2, 0.25) is 15.9 Å². The summed E-state index contributed by atoms with van der Waals surface area (Å²) in [6.07, 6.45) is 4.62. The number of sulfonamides is 1. The van der Waals surface area contributed by atoms with Gasteiger partial charge in [-0.05, 0) is 26.0 Å². The van der Waals surface area contributed by atoms with E-state index in [1.54, 1.807) is 24.5 Å². The molecule has 2 saturated heterocycles. The van der Waals surface area contributed by atoms with Crippen LogP contribution in [0.2, 0.25) is 0 Å². The minimum absolute atomic E-state index is 0.0564. The first-order chi connectivity index (χ1) is 12.9. The second kappa shape index (κ2) is 6.85. The third-order valence-corrected chi connectivity index (χ3v) is 6.86. The number of benzene rings is 1. The minimum Gasteiger partial charge on any atom is -0.473 e. The zero-order valence-electron chi connectivity index (χ0n) is 15.5. The number of hydrogen-bond donors (Lipinski definition) is 0. The largest absolute Gasteiger partial charge is 0.473 e. The molecule has 1 aromatic heterocycles. The number of aromatic nitrogens is 2. The first kappa shape index (κ1) is 18.3. The molecule has 0 bridgehead atoms. The van der Waals surface area contributed by atoms with Crippen LogP contribution in [0.25, 0.3) is 0 Å². The lowest BCUT2D eigenvalue weighted by atomic mass is 9.86. The van der Waals surface area contributed by atoms with Crippen LogP contribution in [-0.2, 0) is 14.8 Å². The summed E-state index contributed by atoms with van der Waals surface area (Å²) in [7, 11) is -3.49. The molecule has 144 valence electrons. The van der Waals surface area contributed by atoms with E-state index in [2.05, 4.69) is 9.97 Å². The molecule has 1 atom stereocenters. The van der Waals surface area contributed by atoms with Crippen molar-refractivity contribution in [2.24, 2.45) is 0 Å². The Balaban J connectivity index is 1.41. The molecule has 0 amide bonds. The maximum atomic E-state index is 12.8. The number of ether oxygens (including phenoxy) is 2. The van der Waals surface area contributed by atoms with E-state index in [1.165, 1.54) is 4.31 Å². The van der Waals surface area contributed by atoms with Crippen LogP contribution in [0.1, 0.15) is 24.1 Å². The molecule has 2 aliphatic rings. The van der Waals surface area contributed by atoms with Gasteiger partial charge in [-0.1, -0.05) is 17.7 Å². The molecule has 7 nitrogen and oxygen atoms in total. The lowest BCUT2D eigenvalue weighted by Gasteiger charge is -2.51. The van der Waals surface area contributed by atoms with Gasteiger partial charge in [0.1, 0.15) is 6.10 Å². The standard InChI is InChI=1S/C19H23N3O4S/c1-14-3-5-17(6-4-14)27(23,24)22-12-19(13-22)9-16(7-8-25-19)26-18-11-20-10-15(2)21-18/h3-6,10-11,16H,7-9,12-13H2,1-2H3. The third-order valence-electron chi connectivity index (χ3n) is 5.06. The molecule has 4 rings (SSSR count). The van der Waals surface area contributed by atoms with Gasteiger partial charge in [-0.25, -0.2) is 13.4 Å². The number of rotatable bonds is 4. The van der Waals surface area contributed by atoms with Crippen LogP contribution in [-0.4, -0.2) is 54.1 Å². The molecule has 1 unspecified atom stereocenters. The molecule has 2 aliphatic heterocycles. The van der Waals surface area contributed by atoms with Crippen LogP contribution < -0.4 is 4.74 Å². The van der Waals surface area contributed by atoms with E-state index >= 15 is 0 Å². The molecule has 0 radical (unpaired) electrons. The highest BCUT2D eigenvalue weighted by Gasteiger charge is 2.52. The number of hydrogen-bond acceptors (Lipinski definition) is 6. The van der Waals surface area contributed by atoms with Crippen LogP contribution in [0, 0.1) is 13.8 Å². The summed E-state index contributed by atoms with van der Waals surface area (Å²) in [4.78, 5) is 8.75. The molecule has 0 aliphatic carbocycles. The van der Waals surface area contributed by atoms with Crippen molar-refractivity contribution in [3.8, 4) is 5.88 Å². The predicted octanol–water partition coefficient (Wildman–Crippen LogP) is 2.09. The quantitative estimate of drug-likeness (QED) is 0.796. The Morgan fingerprint density at radius 1 is 1.19 bits per heavy atom. The number of aryl methyl sites for hydroxylation is 2. The Hall–Kier alpha value is -2.03. The Kier molecular flexibility index (Phi) is 4.65. The van der Waals surface area contributed by atoms with Crippen LogP contribution >= 0.6 is 0 Å². The normalized spacial score (nSPS) is 22.4. The fourth-order valence-corrected chi connectivity index (χ4v) is 5.19. The summed E-state index contributed by atoms with van der Waals surface area (Å²) < 4.78 is 39.0. The predicted molar refractivity (Wildman–Crippen MR) is 99.0 cm³/mol. The van der Waals surface area contributed by atoms with Crippen molar-refractivity contribution in [3.05, 3.63) is 47.9 Å². The molecule has 1 spiro atoms. The van der Waals surface area contributed by atoms with Crippen molar-refractivity contribution in [1.82, 2.24) is 14.3 Å². The second-order valence-corrected chi connectivity index (χ2v) is 9.29. The lowest BCUT2D eigenvalue weighted by molar-refractivity contribution is -0.165. The van der Waals surface area contributed by atoms with Crippen molar-refractivity contribution < 1.29 is 17.9 Å². The Morgan fingerprint density at radius 2 is 1.93 bits per heavy atom. The molecule has 2 aromatic rings. The Labute approximate surface area is 159 Å². The summed E-state index contributed by atoms with van der Waals surface area (Å²) in [5, 5.41) is 0. The van der Waals surface area contributed by atoms with Crippen molar-refractivity contribution in [3.63, 3.8) is 0 Å². The van der Waals surface area contributed by atoms with Crippen LogP contribution in [0.15, 0.2) is 41.6 Å². The topological polar surface area (TPSA) is 81.6 Å². The van der Waals surface area contributed by atoms with Crippen LogP contribution in [0.5, 0.6) is 5.88 Å². The van der Waals surface area contributed by atoms with Crippen molar-refractivity contribution in [2.75, 3.05) is 19.7 Å².